The Bertz CT molecular complexity index is 1080. The number of fused-ring (bicyclic) bond motifs is 1. The highest BCUT2D eigenvalue weighted by Crippen LogP contribution is 2.36. The molecule has 0 saturated carbocycles. The minimum Gasteiger partial charge on any atom is -0.486 e. The first-order valence-electron chi connectivity index (χ1n) is 9.53. The second kappa shape index (κ2) is 8.28. The van der Waals surface area contributed by atoms with Gasteiger partial charge in [-0.25, -0.2) is 4.79 Å². The maximum atomic E-state index is 13.1. The van der Waals surface area contributed by atoms with Crippen LogP contribution in [0.3, 0.4) is 0 Å². The Hall–Kier alpha value is -2.97. The summed E-state index contributed by atoms with van der Waals surface area (Å²) in [6.45, 7) is 2.15. The van der Waals surface area contributed by atoms with Gasteiger partial charge in [0.25, 0.3) is 5.91 Å². The van der Waals surface area contributed by atoms with Crippen LogP contribution >= 0.6 is 23.2 Å². The van der Waals surface area contributed by atoms with Gasteiger partial charge in [-0.3, -0.25) is 14.5 Å². The molecule has 0 bridgehead atoms. The molecule has 2 aromatic rings. The fraction of sp³-hybridized carbons (Fsp3) is 0.286. The number of ether oxygens (including phenoxy) is 2. The summed E-state index contributed by atoms with van der Waals surface area (Å²) in [6.07, 6.45) is 0. The van der Waals surface area contributed by atoms with Crippen LogP contribution in [0, 0.1) is 0 Å². The van der Waals surface area contributed by atoms with Crippen LogP contribution in [-0.2, 0) is 21.7 Å². The smallest absolute Gasteiger partial charge is 0.325 e. The Morgan fingerprint density at radius 2 is 1.87 bits per heavy atom. The molecular formula is C21H19Cl2N3O5. The molecule has 4 amide bonds. The van der Waals surface area contributed by atoms with E-state index in [9.17, 15) is 14.4 Å². The summed E-state index contributed by atoms with van der Waals surface area (Å²) < 4.78 is 11.1. The lowest BCUT2D eigenvalue weighted by atomic mass is 9.91. The van der Waals surface area contributed by atoms with Crippen LogP contribution in [0.5, 0.6) is 11.5 Å². The van der Waals surface area contributed by atoms with Crippen molar-refractivity contribution in [3.05, 3.63) is 57.6 Å². The number of rotatable bonds is 5. The average Bonchev–Trinajstić information content (AvgIpc) is 2.96. The molecule has 0 aliphatic carbocycles. The number of carbonyl (C=O) groups excluding carboxylic acids is 3. The van der Waals surface area contributed by atoms with E-state index in [2.05, 4.69) is 10.6 Å². The number of carbonyl (C=O) groups is 3. The molecule has 162 valence electrons. The SMILES string of the molecule is C[C@@]1(c2ccc3c(c2)OCCO3)NC(=O)N(CC(=O)NCc2ccc(Cl)cc2Cl)C1=O. The molecule has 0 unspecified atom stereocenters. The molecule has 0 aromatic heterocycles. The number of nitrogens with one attached hydrogen (secondary N) is 2. The van der Waals surface area contributed by atoms with E-state index >= 15 is 0 Å². The van der Waals surface area contributed by atoms with Crippen LogP contribution in [0.1, 0.15) is 18.1 Å². The maximum absolute atomic E-state index is 13.1. The van der Waals surface area contributed by atoms with Gasteiger partial charge < -0.3 is 20.1 Å². The van der Waals surface area contributed by atoms with E-state index in [4.69, 9.17) is 32.7 Å². The Morgan fingerprint density at radius 1 is 1.13 bits per heavy atom. The summed E-state index contributed by atoms with van der Waals surface area (Å²) in [4.78, 5) is 38.8. The lowest BCUT2D eigenvalue weighted by molar-refractivity contribution is -0.134. The van der Waals surface area contributed by atoms with Crippen LogP contribution in [-0.4, -0.2) is 42.5 Å². The van der Waals surface area contributed by atoms with Crippen LogP contribution in [0.25, 0.3) is 0 Å². The number of nitrogens with zero attached hydrogens (tertiary/aromatic N) is 1. The molecule has 31 heavy (non-hydrogen) atoms. The Kier molecular flexibility index (Phi) is 5.68. The Morgan fingerprint density at radius 3 is 2.61 bits per heavy atom. The number of urea groups is 1. The van der Waals surface area contributed by atoms with Gasteiger partial charge in [0.05, 0.1) is 0 Å². The van der Waals surface area contributed by atoms with E-state index in [0.29, 0.717) is 45.9 Å². The predicted molar refractivity (Wildman–Crippen MR) is 113 cm³/mol. The van der Waals surface area contributed by atoms with E-state index in [-0.39, 0.29) is 6.54 Å². The van der Waals surface area contributed by atoms with Gasteiger partial charge in [-0.2, -0.15) is 0 Å². The van der Waals surface area contributed by atoms with Crippen molar-refractivity contribution in [1.29, 1.82) is 0 Å². The number of imide groups is 1. The van der Waals surface area contributed by atoms with E-state index < -0.39 is 29.9 Å². The third kappa shape index (κ3) is 4.13. The standard InChI is InChI=1S/C21H19Cl2N3O5/c1-21(13-3-5-16-17(8-13)31-7-6-30-16)19(28)26(20(29)25-21)11-18(27)24-10-12-2-4-14(22)9-15(12)23/h2-5,8-9H,6-7,10-11H2,1H3,(H,24,27)(H,25,29)/t21-/m0/s1. The molecular weight excluding hydrogens is 445 g/mol. The zero-order valence-corrected chi connectivity index (χ0v) is 18.0. The molecule has 0 radical (unpaired) electrons. The molecule has 2 aliphatic heterocycles. The average molecular weight is 464 g/mol. The van der Waals surface area contributed by atoms with Crippen molar-refractivity contribution in [2.24, 2.45) is 0 Å². The van der Waals surface area contributed by atoms with Gasteiger partial charge in [0.2, 0.25) is 5.91 Å². The number of halogens is 2. The van der Waals surface area contributed by atoms with E-state index in [0.717, 1.165) is 4.90 Å². The maximum Gasteiger partial charge on any atom is 0.325 e. The first kappa shape index (κ1) is 21.3. The minimum absolute atomic E-state index is 0.137. The van der Waals surface area contributed by atoms with Gasteiger partial charge >= 0.3 is 6.03 Å². The molecule has 1 saturated heterocycles. The molecule has 2 aliphatic rings. The number of amides is 4. The van der Waals surface area contributed by atoms with Gasteiger partial charge in [-0.15, -0.1) is 0 Å². The summed E-state index contributed by atoms with van der Waals surface area (Å²) >= 11 is 12.0. The Labute approximate surface area is 188 Å². The van der Waals surface area contributed by atoms with Gasteiger partial charge in [0, 0.05) is 16.6 Å². The van der Waals surface area contributed by atoms with Crippen molar-refractivity contribution in [2.45, 2.75) is 19.0 Å². The largest absolute Gasteiger partial charge is 0.486 e. The van der Waals surface area contributed by atoms with E-state index in [1.54, 1.807) is 43.3 Å². The lowest BCUT2D eigenvalue weighted by Crippen LogP contribution is -2.43. The molecule has 2 heterocycles. The van der Waals surface area contributed by atoms with Gasteiger partial charge in [0.15, 0.2) is 11.5 Å². The molecule has 1 fully saturated rings. The van der Waals surface area contributed by atoms with Crippen LogP contribution in [0.4, 0.5) is 4.79 Å². The molecule has 2 N–H and O–H groups in total. The second-order valence-corrected chi connectivity index (χ2v) is 8.16. The van der Waals surface area contributed by atoms with Gasteiger partial charge in [-0.1, -0.05) is 35.3 Å². The highest BCUT2D eigenvalue weighted by molar-refractivity contribution is 6.35. The first-order valence-corrected chi connectivity index (χ1v) is 10.3. The third-order valence-corrected chi connectivity index (χ3v) is 5.77. The van der Waals surface area contributed by atoms with Crippen molar-refractivity contribution >= 4 is 41.0 Å². The quantitative estimate of drug-likeness (QED) is 0.664. The number of hydrogen-bond acceptors (Lipinski definition) is 5. The summed E-state index contributed by atoms with van der Waals surface area (Å²) in [5.74, 6) is 0.0466. The topological polar surface area (TPSA) is 97.0 Å². The zero-order valence-electron chi connectivity index (χ0n) is 16.5. The van der Waals surface area contributed by atoms with Gasteiger partial charge in [-0.05, 0) is 42.3 Å². The lowest BCUT2D eigenvalue weighted by Gasteiger charge is -2.25. The fourth-order valence-electron chi connectivity index (χ4n) is 3.45. The molecule has 10 heteroatoms. The highest BCUT2D eigenvalue weighted by Gasteiger charge is 2.49. The predicted octanol–water partition coefficient (Wildman–Crippen LogP) is 2.85. The van der Waals surface area contributed by atoms with Crippen LogP contribution in [0.2, 0.25) is 10.0 Å². The minimum atomic E-state index is -1.33. The van der Waals surface area contributed by atoms with Crippen molar-refractivity contribution in [2.75, 3.05) is 19.8 Å². The van der Waals surface area contributed by atoms with Gasteiger partial charge in [0.1, 0.15) is 25.3 Å². The van der Waals surface area contributed by atoms with Crippen molar-refractivity contribution < 1.29 is 23.9 Å². The van der Waals surface area contributed by atoms with Crippen molar-refractivity contribution in [3.63, 3.8) is 0 Å². The molecule has 0 spiro atoms. The van der Waals surface area contributed by atoms with E-state index in [1.165, 1.54) is 0 Å². The van der Waals surface area contributed by atoms with Crippen LogP contribution < -0.4 is 20.1 Å². The number of hydrogen-bond donors (Lipinski definition) is 2. The summed E-state index contributed by atoms with van der Waals surface area (Å²) in [5.41, 5.74) is -0.129. The monoisotopic (exact) mass is 463 g/mol. The molecule has 2 aromatic carbocycles. The molecule has 8 nitrogen and oxygen atoms in total. The summed E-state index contributed by atoms with van der Waals surface area (Å²) in [7, 11) is 0. The summed E-state index contributed by atoms with van der Waals surface area (Å²) in [5, 5.41) is 6.23. The molecule has 4 rings (SSSR count). The van der Waals surface area contributed by atoms with Crippen LogP contribution in [0.15, 0.2) is 36.4 Å². The molecule has 1 atom stereocenters. The van der Waals surface area contributed by atoms with E-state index in [1.807, 2.05) is 0 Å². The summed E-state index contributed by atoms with van der Waals surface area (Å²) in [6, 6.07) is 9.32. The first-order chi connectivity index (χ1) is 14.8. The third-order valence-electron chi connectivity index (χ3n) is 5.19. The van der Waals surface area contributed by atoms with Crippen molar-refractivity contribution in [3.8, 4) is 11.5 Å². The van der Waals surface area contributed by atoms with Crippen molar-refractivity contribution in [1.82, 2.24) is 15.5 Å². The Balaban J connectivity index is 1.44. The zero-order chi connectivity index (χ0) is 22.2. The second-order valence-electron chi connectivity index (χ2n) is 7.32. The fourth-order valence-corrected chi connectivity index (χ4v) is 3.92. The normalized spacial score (nSPS) is 19.9. The number of benzene rings is 2. The highest BCUT2D eigenvalue weighted by atomic mass is 35.5.